The minimum absolute atomic E-state index is 0.0432. The van der Waals surface area contributed by atoms with Crippen LogP contribution in [0, 0.1) is 0 Å². The summed E-state index contributed by atoms with van der Waals surface area (Å²) in [5, 5.41) is 4.54. The van der Waals surface area contributed by atoms with Gasteiger partial charge >= 0.3 is 5.69 Å². The Hall–Kier alpha value is -3.88. The highest BCUT2D eigenvalue weighted by molar-refractivity contribution is 5.77. The first kappa shape index (κ1) is 22.3. The van der Waals surface area contributed by atoms with Crippen LogP contribution in [0.15, 0.2) is 56.6 Å². The Kier molecular flexibility index (Phi) is 6.58. The van der Waals surface area contributed by atoms with Gasteiger partial charge in [0.05, 0.1) is 25.1 Å². The Labute approximate surface area is 190 Å². The molecule has 4 rings (SSSR count). The standard InChI is InChI=1S/C24H26N4O5/c1-4-5-8-11-27-23(29)19-9-6-7-10-20(19)28(24(27)30)15-21-25-22(26-33-21)16-12-17(31-2)14-18(13-16)32-3/h6-7,9-10,12-14H,4-5,8,11,15H2,1-3H3. The zero-order valence-electron chi connectivity index (χ0n) is 18.9. The fraction of sp³-hybridized carbons (Fsp3) is 0.333. The van der Waals surface area contributed by atoms with Gasteiger partial charge in [-0.3, -0.25) is 13.9 Å². The van der Waals surface area contributed by atoms with Crippen LogP contribution in [0.2, 0.25) is 0 Å². The summed E-state index contributed by atoms with van der Waals surface area (Å²) in [5.74, 6) is 1.78. The van der Waals surface area contributed by atoms with Crippen LogP contribution in [-0.2, 0) is 13.1 Å². The number of unbranched alkanes of at least 4 members (excludes halogenated alkanes) is 2. The zero-order valence-corrected chi connectivity index (χ0v) is 18.9. The van der Waals surface area contributed by atoms with E-state index in [1.165, 1.54) is 9.13 Å². The fourth-order valence-electron chi connectivity index (χ4n) is 3.75. The van der Waals surface area contributed by atoms with Crippen LogP contribution in [-0.4, -0.2) is 33.5 Å². The van der Waals surface area contributed by atoms with Gasteiger partial charge in [-0.15, -0.1) is 0 Å². The molecule has 0 aliphatic rings. The molecule has 9 nitrogen and oxygen atoms in total. The summed E-state index contributed by atoms with van der Waals surface area (Å²) >= 11 is 0. The molecule has 0 radical (unpaired) electrons. The molecule has 172 valence electrons. The molecule has 2 aromatic heterocycles. The summed E-state index contributed by atoms with van der Waals surface area (Å²) in [5.41, 5.74) is 0.514. The monoisotopic (exact) mass is 450 g/mol. The van der Waals surface area contributed by atoms with Crippen molar-refractivity contribution in [2.75, 3.05) is 14.2 Å². The van der Waals surface area contributed by atoms with E-state index in [-0.39, 0.29) is 18.0 Å². The van der Waals surface area contributed by atoms with Gasteiger partial charge in [0.15, 0.2) is 0 Å². The average Bonchev–Trinajstić information content (AvgIpc) is 3.32. The lowest BCUT2D eigenvalue weighted by atomic mass is 10.2. The van der Waals surface area contributed by atoms with Crippen LogP contribution < -0.4 is 20.7 Å². The molecule has 2 aromatic carbocycles. The minimum Gasteiger partial charge on any atom is -0.497 e. The van der Waals surface area contributed by atoms with Gasteiger partial charge in [-0.25, -0.2) is 4.79 Å². The molecule has 0 aliphatic heterocycles. The van der Waals surface area contributed by atoms with Crippen molar-refractivity contribution in [3.63, 3.8) is 0 Å². The van der Waals surface area contributed by atoms with Crippen LogP contribution in [0.3, 0.4) is 0 Å². The third-order valence-corrected chi connectivity index (χ3v) is 5.49. The number of hydrogen-bond donors (Lipinski definition) is 0. The van der Waals surface area contributed by atoms with Gasteiger partial charge in [-0.05, 0) is 30.7 Å². The maximum atomic E-state index is 13.2. The van der Waals surface area contributed by atoms with Crippen molar-refractivity contribution in [2.24, 2.45) is 0 Å². The Bertz CT molecular complexity index is 1360. The predicted octanol–water partition coefficient (Wildman–Crippen LogP) is 3.47. The molecule has 0 atom stereocenters. The molecule has 0 N–H and O–H groups in total. The molecule has 0 fully saturated rings. The van der Waals surface area contributed by atoms with Crippen LogP contribution in [0.25, 0.3) is 22.3 Å². The summed E-state index contributed by atoms with van der Waals surface area (Å²) < 4.78 is 18.9. The van der Waals surface area contributed by atoms with Crippen molar-refractivity contribution in [1.29, 1.82) is 0 Å². The Morgan fingerprint density at radius 1 is 0.970 bits per heavy atom. The van der Waals surface area contributed by atoms with Crippen LogP contribution in [0.4, 0.5) is 0 Å². The number of rotatable bonds is 9. The molecule has 2 heterocycles. The van der Waals surface area contributed by atoms with Crippen molar-refractivity contribution >= 4 is 10.9 Å². The number of benzene rings is 2. The van der Waals surface area contributed by atoms with Crippen molar-refractivity contribution in [3.8, 4) is 22.9 Å². The van der Waals surface area contributed by atoms with E-state index < -0.39 is 5.69 Å². The quantitative estimate of drug-likeness (QED) is 0.360. The Morgan fingerprint density at radius 2 is 1.70 bits per heavy atom. The van der Waals surface area contributed by atoms with E-state index >= 15 is 0 Å². The molecule has 4 aromatic rings. The van der Waals surface area contributed by atoms with Gasteiger partial charge in [0, 0.05) is 18.2 Å². The van der Waals surface area contributed by atoms with E-state index in [4.69, 9.17) is 14.0 Å². The lowest BCUT2D eigenvalue weighted by molar-refractivity contribution is 0.368. The highest BCUT2D eigenvalue weighted by Crippen LogP contribution is 2.28. The second-order valence-corrected chi connectivity index (χ2v) is 7.66. The number of para-hydroxylation sites is 1. The third kappa shape index (κ3) is 4.52. The third-order valence-electron chi connectivity index (χ3n) is 5.49. The van der Waals surface area contributed by atoms with E-state index in [9.17, 15) is 9.59 Å². The maximum Gasteiger partial charge on any atom is 0.331 e. The second kappa shape index (κ2) is 9.72. The highest BCUT2D eigenvalue weighted by atomic mass is 16.5. The van der Waals surface area contributed by atoms with Gasteiger partial charge < -0.3 is 14.0 Å². The van der Waals surface area contributed by atoms with Gasteiger partial charge in [0.1, 0.15) is 18.0 Å². The summed E-state index contributed by atoms with van der Waals surface area (Å²) in [4.78, 5) is 30.6. The molecule has 0 spiro atoms. The van der Waals surface area contributed by atoms with Crippen molar-refractivity contribution in [1.82, 2.24) is 19.3 Å². The van der Waals surface area contributed by atoms with Gasteiger partial charge in [0.2, 0.25) is 11.7 Å². The minimum atomic E-state index is -0.391. The number of fused-ring (bicyclic) bond motifs is 1. The first-order chi connectivity index (χ1) is 16.0. The fourth-order valence-corrected chi connectivity index (χ4v) is 3.75. The Morgan fingerprint density at radius 3 is 2.39 bits per heavy atom. The molecule has 33 heavy (non-hydrogen) atoms. The lowest BCUT2D eigenvalue weighted by Crippen LogP contribution is -2.40. The van der Waals surface area contributed by atoms with E-state index in [0.717, 1.165) is 19.3 Å². The first-order valence-electron chi connectivity index (χ1n) is 10.8. The van der Waals surface area contributed by atoms with Crippen LogP contribution >= 0.6 is 0 Å². The largest absolute Gasteiger partial charge is 0.497 e. The smallest absolute Gasteiger partial charge is 0.331 e. The number of methoxy groups -OCH3 is 2. The maximum absolute atomic E-state index is 13.2. The van der Waals surface area contributed by atoms with Crippen LogP contribution in [0.5, 0.6) is 11.5 Å². The summed E-state index contributed by atoms with van der Waals surface area (Å²) in [6.45, 7) is 2.49. The number of nitrogens with zero attached hydrogens (tertiary/aromatic N) is 4. The van der Waals surface area contributed by atoms with Crippen molar-refractivity contribution < 1.29 is 14.0 Å². The first-order valence-corrected chi connectivity index (χ1v) is 10.8. The van der Waals surface area contributed by atoms with Gasteiger partial charge in [-0.2, -0.15) is 4.98 Å². The summed E-state index contributed by atoms with van der Waals surface area (Å²) in [6.07, 6.45) is 2.69. The van der Waals surface area contributed by atoms with E-state index in [0.29, 0.717) is 40.3 Å². The SMILES string of the molecule is CCCCCn1c(=O)c2ccccc2n(Cc2nc(-c3cc(OC)cc(OC)c3)no2)c1=O. The molecule has 0 saturated carbocycles. The second-order valence-electron chi connectivity index (χ2n) is 7.66. The number of hydrogen-bond acceptors (Lipinski definition) is 7. The molecule has 0 saturated heterocycles. The normalized spacial score (nSPS) is 11.1. The van der Waals surface area contributed by atoms with E-state index in [1.807, 2.05) is 0 Å². The Balaban J connectivity index is 1.74. The predicted molar refractivity (Wildman–Crippen MR) is 124 cm³/mol. The molecule has 0 aliphatic carbocycles. The molecule has 0 bridgehead atoms. The van der Waals surface area contributed by atoms with E-state index in [2.05, 4.69) is 17.1 Å². The molecular formula is C24H26N4O5. The van der Waals surface area contributed by atoms with Crippen LogP contribution in [0.1, 0.15) is 32.1 Å². The average molecular weight is 450 g/mol. The highest BCUT2D eigenvalue weighted by Gasteiger charge is 2.17. The summed E-state index contributed by atoms with van der Waals surface area (Å²) in [6, 6.07) is 12.3. The van der Waals surface area contributed by atoms with Crippen molar-refractivity contribution in [3.05, 3.63) is 69.2 Å². The zero-order chi connectivity index (χ0) is 23.4. The molecule has 9 heteroatoms. The van der Waals surface area contributed by atoms with Gasteiger partial charge in [-0.1, -0.05) is 37.1 Å². The summed E-state index contributed by atoms with van der Waals surface area (Å²) in [7, 11) is 3.13. The topological polar surface area (TPSA) is 101 Å². The molecule has 0 unspecified atom stereocenters. The number of aromatic nitrogens is 4. The van der Waals surface area contributed by atoms with Crippen molar-refractivity contribution in [2.45, 2.75) is 39.3 Å². The number of ether oxygens (including phenoxy) is 2. The van der Waals surface area contributed by atoms with Gasteiger partial charge in [0.25, 0.3) is 5.56 Å². The molecular weight excluding hydrogens is 424 g/mol. The molecule has 0 amide bonds. The van der Waals surface area contributed by atoms with E-state index in [1.54, 1.807) is 56.7 Å². The lowest BCUT2D eigenvalue weighted by Gasteiger charge is -2.12.